The molecule has 1 saturated heterocycles. The third-order valence-corrected chi connectivity index (χ3v) is 7.00. The van der Waals surface area contributed by atoms with Crippen molar-refractivity contribution in [1.29, 1.82) is 0 Å². The maximum atomic E-state index is 12.0. The van der Waals surface area contributed by atoms with Gasteiger partial charge in [0.2, 0.25) is 0 Å². The van der Waals surface area contributed by atoms with Gasteiger partial charge in [0.1, 0.15) is 5.37 Å². The standard InChI is InChI=1S/C12H24N2O2S2/c1-18(15,16)11-9-17-8-7-14(11)12(10-13)5-3-2-4-6-12/h11H,2-10,13H2,1H3. The molecule has 0 bridgehead atoms. The summed E-state index contributed by atoms with van der Waals surface area (Å²) in [6.07, 6.45) is 7.09. The SMILES string of the molecule is CS(=O)(=O)C1CSCCN1C1(CN)CCCCC1. The van der Waals surface area contributed by atoms with Crippen molar-refractivity contribution in [2.24, 2.45) is 5.73 Å². The highest BCUT2D eigenvalue weighted by atomic mass is 32.2. The number of hydrogen-bond acceptors (Lipinski definition) is 5. The van der Waals surface area contributed by atoms with Gasteiger partial charge in [-0.3, -0.25) is 4.90 Å². The van der Waals surface area contributed by atoms with Gasteiger partial charge < -0.3 is 5.73 Å². The highest BCUT2D eigenvalue weighted by molar-refractivity contribution is 8.00. The minimum atomic E-state index is -3.02. The summed E-state index contributed by atoms with van der Waals surface area (Å²) in [5.41, 5.74) is 5.97. The molecule has 0 spiro atoms. The highest BCUT2D eigenvalue weighted by Crippen LogP contribution is 2.37. The molecule has 0 aromatic carbocycles. The summed E-state index contributed by atoms with van der Waals surface area (Å²) < 4.78 is 24.0. The van der Waals surface area contributed by atoms with E-state index in [2.05, 4.69) is 4.90 Å². The fourth-order valence-electron chi connectivity index (χ4n) is 3.30. The molecule has 1 unspecified atom stereocenters. The Hall–Kier alpha value is 0.220. The minimum absolute atomic E-state index is 0.0625. The Morgan fingerprint density at radius 2 is 2.00 bits per heavy atom. The molecule has 0 aromatic heterocycles. The lowest BCUT2D eigenvalue weighted by Gasteiger charge is -2.50. The topological polar surface area (TPSA) is 63.4 Å². The predicted octanol–water partition coefficient (Wildman–Crippen LogP) is 1.07. The lowest BCUT2D eigenvalue weighted by atomic mass is 9.80. The summed E-state index contributed by atoms with van der Waals surface area (Å²) in [5.74, 6) is 1.72. The summed E-state index contributed by atoms with van der Waals surface area (Å²) in [4.78, 5) is 2.22. The Balaban J connectivity index is 2.26. The van der Waals surface area contributed by atoms with Crippen molar-refractivity contribution < 1.29 is 8.42 Å². The van der Waals surface area contributed by atoms with Gasteiger partial charge in [0.15, 0.2) is 9.84 Å². The van der Waals surface area contributed by atoms with E-state index in [0.29, 0.717) is 12.3 Å². The molecule has 1 heterocycles. The van der Waals surface area contributed by atoms with Crippen LogP contribution in [0.3, 0.4) is 0 Å². The average Bonchev–Trinajstić information content (AvgIpc) is 2.38. The molecule has 1 atom stereocenters. The molecule has 106 valence electrons. The average molecular weight is 292 g/mol. The van der Waals surface area contributed by atoms with Crippen molar-refractivity contribution in [3.05, 3.63) is 0 Å². The molecule has 6 heteroatoms. The van der Waals surface area contributed by atoms with E-state index in [1.165, 1.54) is 25.5 Å². The van der Waals surface area contributed by atoms with E-state index >= 15 is 0 Å². The van der Waals surface area contributed by atoms with E-state index in [0.717, 1.165) is 25.1 Å². The molecule has 2 N–H and O–H groups in total. The van der Waals surface area contributed by atoms with Gasteiger partial charge in [0, 0.05) is 36.4 Å². The molecule has 1 saturated carbocycles. The maximum Gasteiger partial charge on any atom is 0.164 e. The number of sulfone groups is 1. The van der Waals surface area contributed by atoms with Crippen molar-refractivity contribution >= 4 is 21.6 Å². The Labute approximate surface area is 115 Å². The second-order valence-corrected chi connectivity index (χ2v) is 8.89. The van der Waals surface area contributed by atoms with Gasteiger partial charge in [-0.05, 0) is 12.8 Å². The first-order chi connectivity index (χ1) is 8.49. The van der Waals surface area contributed by atoms with Gasteiger partial charge in [-0.25, -0.2) is 8.42 Å². The second kappa shape index (κ2) is 5.69. The summed E-state index contributed by atoms with van der Waals surface area (Å²) in [7, 11) is -3.02. The summed E-state index contributed by atoms with van der Waals surface area (Å²) in [5, 5.41) is -0.335. The highest BCUT2D eigenvalue weighted by Gasteiger charge is 2.44. The van der Waals surface area contributed by atoms with Crippen LogP contribution < -0.4 is 5.73 Å². The van der Waals surface area contributed by atoms with Gasteiger partial charge in [-0.1, -0.05) is 19.3 Å². The summed E-state index contributed by atoms with van der Waals surface area (Å²) >= 11 is 1.75. The molecule has 1 aliphatic heterocycles. The van der Waals surface area contributed by atoms with E-state index in [-0.39, 0.29) is 10.9 Å². The summed E-state index contributed by atoms with van der Waals surface area (Å²) in [6.45, 7) is 1.45. The van der Waals surface area contributed by atoms with Gasteiger partial charge in [-0.2, -0.15) is 11.8 Å². The van der Waals surface area contributed by atoms with Crippen molar-refractivity contribution in [3.8, 4) is 0 Å². The predicted molar refractivity (Wildman–Crippen MR) is 77.5 cm³/mol. The largest absolute Gasteiger partial charge is 0.329 e. The van der Waals surface area contributed by atoms with Crippen LogP contribution in [0.2, 0.25) is 0 Å². The fraction of sp³-hybridized carbons (Fsp3) is 1.00. The Bertz CT molecular complexity index is 378. The summed E-state index contributed by atoms with van der Waals surface area (Å²) in [6, 6.07) is 0. The number of thioether (sulfide) groups is 1. The molecule has 1 aliphatic carbocycles. The van der Waals surface area contributed by atoms with E-state index in [9.17, 15) is 8.42 Å². The van der Waals surface area contributed by atoms with Crippen LogP contribution in [-0.2, 0) is 9.84 Å². The number of hydrogen-bond donors (Lipinski definition) is 1. The monoisotopic (exact) mass is 292 g/mol. The van der Waals surface area contributed by atoms with Crippen molar-refractivity contribution in [3.63, 3.8) is 0 Å². The first-order valence-electron chi connectivity index (χ1n) is 6.73. The van der Waals surface area contributed by atoms with Crippen LogP contribution in [0.1, 0.15) is 32.1 Å². The lowest BCUT2D eigenvalue weighted by Crippen LogP contribution is -2.62. The Morgan fingerprint density at radius 3 is 2.56 bits per heavy atom. The van der Waals surface area contributed by atoms with E-state index in [1.54, 1.807) is 11.8 Å². The van der Waals surface area contributed by atoms with Crippen LogP contribution in [0, 0.1) is 0 Å². The molecule has 2 fully saturated rings. The molecule has 18 heavy (non-hydrogen) atoms. The molecule has 0 radical (unpaired) electrons. The molecule has 4 nitrogen and oxygen atoms in total. The van der Waals surface area contributed by atoms with Crippen LogP contribution in [0.5, 0.6) is 0 Å². The maximum absolute atomic E-state index is 12.0. The zero-order valence-electron chi connectivity index (χ0n) is 11.1. The van der Waals surface area contributed by atoms with Gasteiger partial charge in [0.25, 0.3) is 0 Å². The number of nitrogens with two attached hydrogens (primary N) is 1. The number of rotatable bonds is 3. The zero-order valence-corrected chi connectivity index (χ0v) is 12.7. The van der Waals surface area contributed by atoms with Gasteiger partial charge >= 0.3 is 0 Å². The van der Waals surface area contributed by atoms with Gasteiger partial charge in [-0.15, -0.1) is 0 Å². The van der Waals surface area contributed by atoms with Crippen LogP contribution in [-0.4, -0.2) is 55.1 Å². The smallest absolute Gasteiger partial charge is 0.164 e. The molecule has 0 aromatic rings. The first kappa shape index (κ1) is 14.6. The molecular formula is C12H24N2O2S2. The van der Waals surface area contributed by atoms with Crippen LogP contribution in [0.15, 0.2) is 0 Å². The van der Waals surface area contributed by atoms with Crippen LogP contribution >= 0.6 is 11.8 Å². The van der Waals surface area contributed by atoms with E-state index in [4.69, 9.17) is 5.73 Å². The Kier molecular flexibility index (Phi) is 4.62. The third kappa shape index (κ3) is 2.86. The second-order valence-electron chi connectivity index (χ2n) is 5.54. The third-order valence-electron chi connectivity index (χ3n) is 4.35. The van der Waals surface area contributed by atoms with Crippen molar-refractivity contribution in [1.82, 2.24) is 4.90 Å². The molecule has 0 amide bonds. The first-order valence-corrected chi connectivity index (χ1v) is 9.84. The Morgan fingerprint density at radius 1 is 1.33 bits per heavy atom. The van der Waals surface area contributed by atoms with Gasteiger partial charge in [0.05, 0.1) is 0 Å². The van der Waals surface area contributed by atoms with Crippen molar-refractivity contribution in [2.45, 2.75) is 43.0 Å². The quantitative estimate of drug-likeness (QED) is 0.843. The van der Waals surface area contributed by atoms with Crippen molar-refractivity contribution in [2.75, 3.05) is 30.9 Å². The fourth-order valence-corrected chi connectivity index (χ4v) is 6.24. The molecule has 2 aliphatic rings. The molecular weight excluding hydrogens is 268 g/mol. The van der Waals surface area contributed by atoms with Crippen LogP contribution in [0.25, 0.3) is 0 Å². The lowest BCUT2D eigenvalue weighted by molar-refractivity contribution is 0.0533. The number of nitrogens with zero attached hydrogens (tertiary/aromatic N) is 1. The van der Waals surface area contributed by atoms with E-state index in [1.807, 2.05) is 0 Å². The van der Waals surface area contributed by atoms with Crippen LogP contribution in [0.4, 0.5) is 0 Å². The zero-order chi connectivity index (χ0) is 13.2. The molecule has 2 rings (SSSR count). The minimum Gasteiger partial charge on any atom is -0.329 e. The van der Waals surface area contributed by atoms with E-state index < -0.39 is 9.84 Å². The normalized spacial score (nSPS) is 30.2.